The minimum atomic E-state index is -5.08. The summed E-state index contributed by atoms with van der Waals surface area (Å²) in [4.78, 5) is 65.1. The standard InChI is InChI=1S/C24H28F4N4O6/c1-13(2)9-15(11-30-22(36)23(37)31-17-6-4-3-5-16(17)25)21(35)32-18(10-14-7-8-29-20(14)34)19(33)12-38-24(26,27)28/h3-6,11,13-15,18H,7-10,12H2,1-2H3,(H,29,34)(H,31,37)(H,32,35)/t14-,15?,18-/m0/s1. The summed E-state index contributed by atoms with van der Waals surface area (Å²) in [5.41, 5.74) is -0.254. The molecule has 3 N–H and O–H groups in total. The number of Topliss-reactive ketones (excluding diaryl/α,β-unsaturated/α-hetero) is 1. The maximum absolute atomic E-state index is 13.7. The zero-order valence-electron chi connectivity index (χ0n) is 20.6. The van der Waals surface area contributed by atoms with E-state index in [9.17, 15) is 41.5 Å². The molecule has 1 heterocycles. The minimum Gasteiger partial charge on any atom is -0.356 e. The molecule has 1 unspecified atom stereocenters. The number of ketones is 1. The van der Waals surface area contributed by atoms with E-state index < -0.39 is 66.1 Å². The number of amides is 4. The van der Waals surface area contributed by atoms with Crippen LogP contribution in [0.5, 0.6) is 0 Å². The Hall–Kier alpha value is -3.68. The third kappa shape index (κ3) is 10.00. The number of carbonyl (C=O) groups is 5. The van der Waals surface area contributed by atoms with E-state index >= 15 is 0 Å². The fourth-order valence-corrected chi connectivity index (χ4v) is 3.66. The van der Waals surface area contributed by atoms with E-state index in [0.29, 0.717) is 13.0 Å². The summed E-state index contributed by atoms with van der Waals surface area (Å²) in [5.74, 6) is -7.74. The molecule has 0 spiro atoms. The van der Waals surface area contributed by atoms with E-state index in [1.54, 1.807) is 13.8 Å². The van der Waals surface area contributed by atoms with E-state index in [-0.39, 0.29) is 24.4 Å². The molecular weight excluding hydrogens is 516 g/mol. The van der Waals surface area contributed by atoms with Gasteiger partial charge in [-0.1, -0.05) is 26.0 Å². The fourth-order valence-electron chi connectivity index (χ4n) is 3.66. The number of aliphatic imine (C=N–C) groups is 1. The van der Waals surface area contributed by atoms with Crippen LogP contribution in [0.3, 0.4) is 0 Å². The molecular formula is C24H28F4N4O6. The van der Waals surface area contributed by atoms with Gasteiger partial charge in [-0.15, -0.1) is 13.2 Å². The van der Waals surface area contributed by atoms with E-state index in [2.05, 4.69) is 25.7 Å². The molecule has 0 aromatic heterocycles. The Kier molecular flexibility index (Phi) is 11.0. The summed E-state index contributed by atoms with van der Waals surface area (Å²) in [6, 6.07) is 3.62. The van der Waals surface area contributed by atoms with Crippen molar-refractivity contribution in [3.8, 4) is 0 Å². The second kappa shape index (κ2) is 13.7. The number of carbonyl (C=O) groups excluding carboxylic acids is 5. The topological polar surface area (TPSA) is 143 Å². The Bertz CT molecular complexity index is 1080. The van der Waals surface area contributed by atoms with Crippen molar-refractivity contribution in [2.24, 2.45) is 22.7 Å². The number of nitrogens with one attached hydrogen (secondary N) is 3. The van der Waals surface area contributed by atoms with Crippen molar-refractivity contribution in [2.75, 3.05) is 18.5 Å². The van der Waals surface area contributed by atoms with Gasteiger partial charge in [-0.25, -0.2) is 9.38 Å². The fraction of sp³-hybridized carbons (Fsp3) is 0.500. The van der Waals surface area contributed by atoms with Gasteiger partial charge < -0.3 is 16.0 Å². The smallest absolute Gasteiger partial charge is 0.356 e. The van der Waals surface area contributed by atoms with Crippen molar-refractivity contribution in [2.45, 2.75) is 45.5 Å². The van der Waals surface area contributed by atoms with Crippen molar-refractivity contribution in [1.29, 1.82) is 0 Å². The molecule has 4 amide bonds. The molecule has 1 aromatic rings. The molecule has 1 aliphatic rings. The van der Waals surface area contributed by atoms with Gasteiger partial charge in [-0.2, -0.15) is 0 Å². The molecule has 38 heavy (non-hydrogen) atoms. The highest BCUT2D eigenvalue weighted by molar-refractivity contribution is 6.41. The zero-order valence-corrected chi connectivity index (χ0v) is 20.6. The van der Waals surface area contributed by atoms with Crippen LogP contribution in [-0.4, -0.2) is 61.2 Å². The first kappa shape index (κ1) is 30.5. The van der Waals surface area contributed by atoms with Gasteiger partial charge in [0.15, 0.2) is 5.78 Å². The van der Waals surface area contributed by atoms with Crippen molar-refractivity contribution in [3.05, 3.63) is 30.1 Å². The lowest BCUT2D eigenvalue weighted by atomic mass is 9.93. The van der Waals surface area contributed by atoms with E-state index in [1.165, 1.54) is 18.2 Å². The van der Waals surface area contributed by atoms with E-state index in [4.69, 9.17) is 0 Å². The second-order valence-corrected chi connectivity index (χ2v) is 9.03. The monoisotopic (exact) mass is 544 g/mol. The normalized spacial score (nSPS) is 17.2. The predicted molar refractivity (Wildman–Crippen MR) is 126 cm³/mol. The number of alkyl halides is 3. The van der Waals surface area contributed by atoms with Crippen LogP contribution in [0.15, 0.2) is 29.3 Å². The number of para-hydroxylation sites is 1. The van der Waals surface area contributed by atoms with Gasteiger partial charge in [-0.3, -0.25) is 28.7 Å². The van der Waals surface area contributed by atoms with E-state index in [0.717, 1.165) is 12.3 Å². The van der Waals surface area contributed by atoms with Gasteiger partial charge >= 0.3 is 18.2 Å². The Morgan fingerprint density at radius 1 is 1.21 bits per heavy atom. The lowest BCUT2D eigenvalue weighted by Gasteiger charge is -2.23. The van der Waals surface area contributed by atoms with Crippen molar-refractivity contribution < 1.29 is 46.3 Å². The number of halogens is 4. The zero-order chi connectivity index (χ0) is 28.5. The van der Waals surface area contributed by atoms with Crippen LogP contribution in [-0.2, 0) is 28.7 Å². The van der Waals surface area contributed by atoms with Gasteiger partial charge in [0, 0.05) is 18.7 Å². The molecule has 0 bridgehead atoms. The molecule has 0 saturated carbocycles. The molecule has 1 saturated heterocycles. The van der Waals surface area contributed by atoms with E-state index in [1.807, 2.05) is 0 Å². The maximum atomic E-state index is 13.7. The predicted octanol–water partition coefficient (Wildman–Crippen LogP) is 2.14. The summed E-state index contributed by atoms with van der Waals surface area (Å²) in [6.45, 7) is 2.42. The SMILES string of the molecule is CC(C)CC(C=NC(=O)C(=O)Nc1ccccc1F)C(=O)N[C@@H](C[C@@H]1CCNC1=O)C(=O)COC(F)(F)F. The third-order valence-corrected chi connectivity index (χ3v) is 5.52. The lowest BCUT2D eigenvalue weighted by Crippen LogP contribution is -2.47. The number of ether oxygens (including phenoxy) is 1. The van der Waals surface area contributed by atoms with Crippen LogP contribution in [0.2, 0.25) is 0 Å². The molecule has 1 aliphatic heterocycles. The van der Waals surface area contributed by atoms with Crippen LogP contribution in [0.25, 0.3) is 0 Å². The average Bonchev–Trinajstić information content (AvgIpc) is 3.24. The largest absolute Gasteiger partial charge is 0.522 e. The molecule has 1 aromatic carbocycles. The number of hydrogen-bond donors (Lipinski definition) is 3. The van der Waals surface area contributed by atoms with Gasteiger partial charge in [0.05, 0.1) is 17.6 Å². The molecule has 10 nitrogen and oxygen atoms in total. The van der Waals surface area contributed by atoms with Crippen molar-refractivity contribution in [1.82, 2.24) is 10.6 Å². The summed E-state index contributed by atoms with van der Waals surface area (Å²) in [5, 5.41) is 6.94. The first-order valence-electron chi connectivity index (χ1n) is 11.7. The molecule has 3 atom stereocenters. The van der Waals surface area contributed by atoms with Crippen molar-refractivity contribution >= 4 is 41.3 Å². The van der Waals surface area contributed by atoms with Crippen LogP contribution >= 0.6 is 0 Å². The number of nitrogens with zero attached hydrogens (tertiary/aromatic N) is 1. The average molecular weight is 545 g/mol. The molecule has 1 fully saturated rings. The van der Waals surface area contributed by atoms with Crippen LogP contribution in [0.4, 0.5) is 23.2 Å². The number of hydrogen-bond acceptors (Lipinski definition) is 6. The first-order chi connectivity index (χ1) is 17.8. The Labute approximate surface area is 215 Å². The highest BCUT2D eigenvalue weighted by Gasteiger charge is 2.36. The minimum absolute atomic E-state index is 0.0986. The molecule has 208 valence electrons. The first-order valence-corrected chi connectivity index (χ1v) is 11.7. The van der Waals surface area contributed by atoms with Crippen LogP contribution in [0.1, 0.15) is 33.1 Å². The highest BCUT2D eigenvalue weighted by Crippen LogP contribution is 2.20. The van der Waals surface area contributed by atoms with Gasteiger partial charge in [0.1, 0.15) is 12.4 Å². The van der Waals surface area contributed by atoms with Gasteiger partial charge in [0.25, 0.3) is 0 Å². The maximum Gasteiger partial charge on any atom is 0.522 e. The third-order valence-electron chi connectivity index (χ3n) is 5.52. The van der Waals surface area contributed by atoms with Gasteiger partial charge in [0.2, 0.25) is 11.8 Å². The molecule has 14 heteroatoms. The number of benzene rings is 1. The van der Waals surface area contributed by atoms with Crippen LogP contribution in [0, 0.1) is 23.6 Å². The molecule has 0 aliphatic carbocycles. The highest BCUT2D eigenvalue weighted by atomic mass is 19.4. The van der Waals surface area contributed by atoms with Crippen molar-refractivity contribution in [3.63, 3.8) is 0 Å². The summed E-state index contributed by atoms with van der Waals surface area (Å²) >= 11 is 0. The number of anilines is 1. The summed E-state index contributed by atoms with van der Waals surface area (Å²) in [7, 11) is 0. The summed E-state index contributed by atoms with van der Waals surface area (Å²) in [6.07, 6.45) is -4.03. The Morgan fingerprint density at radius 3 is 2.47 bits per heavy atom. The molecule has 0 radical (unpaired) electrons. The second-order valence-electron chi connectivity index (χ2n) is 9.03. The van der Waals surface area contributed by atoms with Gasteiger partial charge in [-0.05, 0) is 37.3 Å². The number of rotatable bonds is 11. The Balaban J connectivity index is 2.14. The Morgan fingerprint density at radius 2 is 1.89 bits per heavy atom. The molecule has 2 rings (SSSR count). The van der Waals surface area contributed by atoms with Crippen LogP contribution < -0.4 is 16.0 Å². The summed E-state index contributed by atoms with van der Waals surface area (Å²) < 4.78 is 54.7. The quantitative estimate of drug-likeness (QED) is 0.221. The lowest BCUT2D eigenvalue weighted by molar-refractivity contribution is -0.321.